The molecule has 1 aromatic heterocycles. The minimum atomic E-state index is 0.133. The van der Waals surface area contributed by atoms with Gasteiger partial charge < -0.3 is 10.1 Å². The highest BCUT2D eigenvalue weighted by Gasteiger charge is 2.05. The molecule has 0 radical (unpaired) electrons. The fourth-order valence-corrected chi connectivity index (χ4v) is 1.40. The topological polar surface area (TPSA) is 34.2 Å². The maximum Gasteiger partial charge on any atom is 0.218 e. The highest BCUT2D eigenvalue weighted by atomic mass is 35.5. The van der Waals surface area contributed by atoms with E-state index >= 15 is 0 Å². The molecule has 1 rings (SSSR count). The average molecular weight is 255 g/mol. The molecule has 94 valence electrons. The molecule has 0 amide bonds. The van der Waals surface area contributed by atoms with E-state index in [-0.39, 0.29) is 6.10 Å². The lowest BCUT2D eigenvalue weighted by Crippen LogP contribution is -2.17. The van der Waals surface area contributed by atoms with Gasteiger partial charge in [0.2, 0.25) is 5.88 Å². The summed E-state index contributed by atoms with van der Waals surface area (Å²) in [5.41, 5.74) is 3.74. The highest BCUT2D eigenvalue weighted by Crippen LogP contribution is 2.15. The Morgan fingerprint density at radius 1 is 1.59 bits per heavy atom. The third kappa shape index (κ3) is 5.20. The minimum Gasteiger partial charge on any atom is -0.475 e. The van der Waals surface area contributed by atoms with Crippen molar-refractivity contribution in [3.63, 3.8) is 0 Å². The van der Waals surface area contributed by atoms with Gasteiger partial charge in [0.25, 0.3) is 0 Å². The van der Waals surface area contributed by atoms with Crippen LogP contribution in [-0.2, 0) is 6.54 Å². The molecule has 0 aromatic carbocycles. The second-order valence-corrected chi connectivity index (χ2v) is 4.41. The van der Waals surface area contributed by atoms with Gasteiger partial charge in [-0.3, -0.25) is 0 Å². The van der Waals surface area contributed by atoms with Gasteiger partial charge in [0, 0.05) is 30.4 Å². The van der Waals surface area contributed by atoms with Gasteiger partial charge in [0.05, 0.1) is 6.10 Å². The van der Waals surface area contributed by atoms with Gasteiger partial charge in [0.15, 0.2) is 0 Å². The molecule has 0 aliphatic rings. The Kier molecular flexibility index (Phi) is 6.01. The van der Waals surface area contributed by atoms with Gasteiger partial charge in [-0.2, -0.15) is 0 Å². The van der Waals surface area contributed by atoms with Crippen LogP contribution in [0.25, 0.3) is 0 Å². The van der Waals surface area contributed by atoms with Crippen molar-refractivity contribution < 1.29 is 4.74 Å². The summed E-state index contributed by atoms with van der Waals surface area (Å²) >= 11 is 5.59. The predicted octanol–water partition coefficient (Wildman–Crippen LogP) is 3.10. The summed E-state index contributed by atoms with van der Waals surface area (Å²) in [6.07, 6.45) is 1.87. The molecule has 1 aromatic rings. The molecule has 0 bridgehead atoms. The van der Waals surface area contributed by atoms with Crippen LogP contribution in [0.4, 0.5) is 0 Å². The van der Waals surface area contributed by atoms with Crippen molar-refractivity contribution in [2.45, 2.75) is 33.4 Å². The van der Waals surface area contributed by atoms with Crippen LogP contribution in [0.5, 0.6) is 5.88 Å². The number of hydrogen-bond donors (Lipinski definition) is 1. The lowest BCUT2D eigenvalue weighted by Gasteiger charge is -2.13. The number of aromatic nitrogens is 1. The second kappa shape index (κ2) is 7.30. The van der Waals surface area contributed by atoms with Crippen molar-refractivity contribution in [2.75, 3.05) is 6.54 Å². The molecule has 0 aliphatic carbocycles. The number of hydrogen-bond acceptors (Lipinski definition) is 3. The summed E-state index contributed by atoms with van der Waals surface area (Å²) in [4.78, 5) is 4.23. The van der Waals surface area contributed by atoms with E-state index in [0.29, 0.717) is 5.88 Å². The molecule has 4 heteroatoms. The maximum atomic E-state index is 5.64. The van der Waals surface area contributed by atoms with E-state index < -0.39 is 0 Å². The van der Waals surface area contributed by atoms with Crippen molar-refractivity contribution in [3.05, 3.63) is 35.0 Å². The Morgan fingerprint density at radius 2 is 2.35 bits per heavy atom. The number of nitrogens with zero attached hydrogens (tertiary/aromatic N) is 1. The van der Waals surface area contributed by atoms with Crippen LogP contribution in [-0.4, -0.2) is 17.6 Å². The SMILES string of the molecule is C/C(=C\Cl)CNCc1cccnc1OC(C)C. The zero-order chi connectivity index (χ0) is 12.7. The zero-order valence-corrected chi connectivity index (χ0v) is 11.3. The van der Waals surface area contributed by atoms with E-state index in [0.717, 1.165) is 24.2 Å². The van der Waals surface area contributed by atoms with Crippen molar-refractivity contribution in [3.8, 4) is 5.88 Å². The third-order valence-electron chi connectivity index (χ3n) is 2.10. The van der Waals surface area contributed by atoms with Gasteiger partial charge in [-0.25, -0.2) is 4.98 Å². The molecule has 1 N–H and O–H groups in total. The molecule has 0 unspecified atom stereocenters. The number of nitrogens with one attached hydrogen (secondary N) is 1. The van der Waals surface area contributed by atoms with Gasteiger partial charge in [-0.05, 0) is 32.4 Å². The van der Waals surface area contributed by atoms with Gasteiger partial charge in [0.1, 0.15) is 0 Å². The zero-order valence-electron chi connectivity index (χ0n) is 10.5. The number of halogens is 1. The first-order valence-electron chi connectivity index (χ1n) is 5.70. The average Bonchev–Trinajstić information content (AvgIpc) is 2.30. The smallest absolute Gasteiger partial charge is 0.218 e. The fourth-order valence-electron chi connectivity index (χ4n) is 1.32. The lowest BCUT2D eigenvalue weighted by molar-refractivity contribution is 0.229. The number of rotatable bonds is 6. The van der Waals surface area contributed by atoms with Gasteiger partial charge in [-0.1, -0.05) is 17.7 Å². The largest absolute Gasteiger partial charge is 0.475 e. The lowest BCUT2D eigenvalue weighted by atomic mass is 10.2. The normalized spacial score (nSPS) is 11.9. The highest BCUT2D eigenvalue weighted by molar-refractivity contribution is 6.25. The van der Waals surface area contributed by atoms with E-state index in [4.69, 9.17) is 16.3 Å². The number of pyridine rings is 1. The van der Waals surface area contributed by atoms with E-state index in [1.807, 2.05) is 32.9 Å². The Morgan fingerprint density at radius 3 is 3.00 bits per heavy atom. The molecule has 0 spiro atoms. The van der Waals surface area contributed by atoms with Crippen LogP contribution in [0.1, 0.15) is 26.3 Å². The third-order valence-corrected chi connectivity index (χ3v) is 2.48. The first kappa shape index (κ1) is 14.0. The van der Waals surface area contributed by atoms with Crippen LogP contribution in [0, 0.1) is 0 Å². The monoisotopic (exact) mass is 254 g/mol. The molecule has 0 saturated carbocycles. The summed E-state index contributed by atoms with van der Waals surface area (Å²) in [5.74, 6) is 0.697. The summed E-state index contributed by atoms with van der Waals surface area (Å²) < 4.78 is 5.64. The molecule has 1 heterocycles. The van der Waals surface area contributed by atoms with Crippen molar-refractivity contribution in [1.82, 2.24) is 10.3 Å². The van der Waals surface area contributed by atoms with E-state index in [1.54, 1.807) is 11.7 Å². The molecular weight excluding hydrogens is 236 g/mol. The Bertz CT molecular complexity index is 377. The van der Waals surface area contributed by atoms with E-state index in [9.17, 15) is 0 Å². The van der Waals surface area contributed by atoms with Crippen LogP contribution in [0.3, 0.4) is 0 Å². The van der Waals surface area contributed by atoms with Crippen LogP contribution in [0.2, 0.25) is 0 Å². The molecule has 0 fully saturated rings. The molecule has 0 aliphatic heterocycles. The molecule has 17 heavy (non-hydrogen) atoms. The number of ether oxygens (including phenoxy) is 1. The molecule has 0 saturated heterocycles. The molecule has 0 atom stereocenters. The van der Waals surface area contributed by atoms with E-state index in [1.165, 1.54) is 0 Å². The van der Waals surface area contributed by atoms with Crippen LogP contribution >= 0.6 is 11.6 Å². The summed E-state index contributed by atoms with van der Waals surface area (Å²) in [5, 5.41) is 3.29. The predicted molar refractivity (Wildman–Crippen MR) is 71.3 cm³/mol. The first-order chi connectivity index (χ1) is 8.13. The minimum absolute atomic E-state index is 0.133. The molecular formula is C13H19ClN2O. The summed E-state index contributed by atoms with van der Waals surface area (Å²) in [6.45, 7) is 7.45. The quantitative estimate of drug-likeness (QED) is 0.847. The molecule has 3 nitrogen and oxygen atoms in total. The second-order valence-electron chi connectivity index (χ2n) is 4.19. The van der Waals surface area contributed by atoms with Crippen molar-refractivity contribution in [1.29, 1.82) is 0 Å². The van der Waals surface area contributed by atoms with Crippen molar-refractivity contribution >= 4 is 11.6 Å². The van der Waals surface area contributed by atoms with Gasteiger partial charge in [-0.15, -0.1) is 0 Å². The Balaban J connectivity index is 2.57. The van der Waals surface area contributed by atoms with Crippen LogP contribution in [0.15, 0.2) is 29.4 Å². The first-order valence-corrected chi connectivity index (χ1v) is 6.14. The fraction of sp³-hybridized carbons (Fsp3) is 0.462. The standard InChI is InChI=1S/C13H19ClN2O/c1-10(2)17-13-12(5-4-6-16-13)9-15-8-11(3)7-14/h4-7,10,15H,8-9H2,1-3H3/b11-7+. The Labute approximate surface area is 108 Å². The Hall–Kier alpha value is -1.06. The maximum absolute atomic E-state index is 5.64. The summed E-state index contributed by atoms with van der Waals surface area (Å²) in [7, 11) is 0. The van der Waals surface area contributed by atoms with Gasteiger partial charge >= 0.3 is 0 Å². The van der Waals surface area contributed by atoms with Crippen molar-refractivity contribution in [2.24, 2.45) is 0 Å². The summed E-state index contributed by atoms with van der Waals surface area (Å²) in [6, 6.07) is 3.92. The van der Waals surface area contributed by atoms with Crippen LogP contribution < -0.4 is 10.1 Å². The van der Waals surface area contributed by atoms with E-state index in [2.05, 4.69) is 10.3 Å².